The van der Waals surface area contributed by atoms with E-state index in [1.807, 2.05) is 23.0 Å². The summed E-state index contributed by atoms with van der Waals surface area (Å²) in [7, 11) is 0. The summed E-state index contributed by atoms with van der Waals surface area (Å²) in [5, 5.41) is 21.8. The minimum atomic E-state index is -0.812. The van der Waals surface area contributed by atoms with Gasteiger partial charge in [0.2, 0.25) is 0 Å². The number of hydrogen-bond acceptors (Lipinski definition) is 6. The highest BCUT2D eigenvalue weighted by Gasteiger charge is 2.42. The van der Waals surface area contributed by atoms with Gasteiger partial charge in [-0.1, -0.05) is 6.08 Å². The van der Waals surface area contributed by atoms with Crippen LogP contribution < -0.4 is 5.73 Å². The Balaban J connectivity index is 1.55. The second-order valence-corrected chi connectivity index (χ2v) is 6.58. The number of aliphatic imine (C=N–C) groups is 1. The van der Waals surface area contributed by atoms with Crippen molar-refractivity contribution >= 4 is 23.1 Å². The van der Waals surface area contributed by atoms with E-state index in [1.54, 1.807) is 0 Å². The van der Waals surface area contributed by atoms with Crippen LogP contribution in [0.4, 0.5) is 5.82 Å². The second-order valence-electron chi connectivity index (χ2n) is 6.58. The van der Waals surface area contributed by atoms with Crippen molar-refractivity contribution in [3.63, 3.8) is 0 Å². The highest BCUT2D eigenvalue weighted by atomic mass is 16.3. The van der Waals surface area contributed by atoms with Crippen LogP contribution in [0, 0.1) is 5.92 Å². The number of aliphatic hydroxyl groups excluding tert-OH is 2. The van der Waals surface area contributed by atoms with E-state index in [-0.39, 0.29) is 12.0 Å². The molecule has 0 radical (unpaired) electrons. The first-order valence-electron chi connectivity index (χ1n) is 8.27. The highest BCUT2D eigenvalue weighted by Crippen LogP contribution is 2.40. The van der Waals surface area contributed by atoms with E-state index in [0.717, 1.165) is 24.8 Å². The van der Waals surface area contributed by atoms with Crippen LogP contribution in [0.25, 0.3) is 11.0 Å². The van der Waals surface area contributed by atoms with Crippen LogP contribution in [0.2, 0.25) is 0 Å². The van der Waals surface area contributed by atoms with Crippen LogP contribution in [0.15, 0.2) is 35.2 Å². The first-order chi connectivity index (χ1) is 11.6. The number of aromatic nitrogens is 3. The molecule has 2 aromatic rings. The molecule has 0 spiro atoms. The standard InChI is InChI=1S/C17H21N5O2/c18-16-12-4-6-22(17(12)21-9-20-16)13-7-11(14(23)15(13)24)2-1-10-3-5-19-8-10/h3-4,6,8-9,11,13-15,23-24H,1-2,5,7H2,(H2,18,20,21)/t11-,13+,14+,15-/m0/s1. The van der Waals surface area contributed by atoms with Gasteiger partial charge in [-0.15, -0.1) is 0 Å². The Bertz CT molecular complexity index is 812. The van der Waals surface area contributed by atoms with Crippen molar-refractivity contribution in [3.05, 3.63) is 30.2 Å². The van der Waals surface area contributed by atoms with E-state index in [9.17, 15) is 10.2 Å². The number of nitrogens with zero attached hydrogens (tertiary/aromatic N) is 4. The molecule has 0 bridgehead atoms. The smallest absolute Gasteiger partial charge is 0.145 e. The highest BCUT2D eigenvalue weighted by molar-refractivity contribution is 5.86. The lowest BCUT2D eigenvalue weighted by Crippen LogP contribution is -2.29. The molecule has 0 saturated heterocycles. The van der Waals surface area contributed by atoms with Crippen molar-refractivity contribution in [1.82, 2.24) is 14.5 Å². The first kappa shape index (κ1) is 15.3. The maximum absolute atomic E-state index is 10.5. The predicted molar refractivity (Wildman–Crippen MR) is 91.8 cm³/mol. The van der Waals surface area contributed by atoms with Crippen LogP contribution in [0.3, 0.4) is 0 Å². The van der Waals surface area contributed by atoms with E-state index in [2.05, 4.69) is 21.0 Å². The van der Waals surface area contributed by atoms with E-state index in [0.29, 0.717) is 17.9 Å². The van der Waals surface area contributed by atoms with Gasteiger partial charge in [-0.3, -0.25) is 4.99 Å². The van der Waals surface area contributed by atoms with Gasteiger partial charge in [0, 0.05) is 12.4 Å². The number of hydrogen-bond donors (Lipinski definition) is 3. The lowest BCUT2D eigenvalue weighted by Gasteiger charge is -2.19. The number of nitrogens with two attached hydrogens (primary N) is 1. The van der Waals surface area contributed by atoms with Crippen LogP contribution in [0.1, 0.15) is 25.3 Å². The molecule has 24 heavy (non-hydrogen) atoms. The molecule has 126 valence electrons. The van der Waals surface area contributed by atoms with Gasteiger partial charge in [0.1, 0.15) is 23.9 Å². The summed E-state index contributed by atoms with van der Waals surface area (Å²) >= 11 is 0. The third kappa shape index (κ3) is 2.50. The molecule has 1 aliphatic carbocycles. The molecule has 1 aliphatic heterocycles. The Morgan fingerprint density at radius 1 is 1.25 bits per heavy atom. The summed E-state index contributed by atoms with van der Waals surface area (Å²) in [6, 6.07) is 1.65. The van der Waals surface area contributed by atoms with E-state index in [1.165, 1.54) is 11.9 Å². The molecule has 0 unspecified atom stereocenters. The molecule has 2 aromatic heterocycles. The Morgan fingerprint density at radius 3 is 2.92 bits per heavy atom. The molecular weight excluding hydrogens is 306 g/mol. The molecule has 3 heterocycles. The maximum Gasteiger partial charge on any atom is 0.145 e. The lowest BCUT2D eigenvalue weighted by atomic mass is 9.96. The fourth-order valence-electron chi connectivity index (χ4n) is 3.83. The second kappa shape index (κ2) is 5.99. The number of aliphatic hydroxyl groups is 2. The van der Waals surface area contributed by atoms with Crippen molar-refractivity contribution in [1.29, 1.82) is 0 Å². The molecule has 4 atom stereocenters. The summed E-state index contributed by atoms with van der Waals surface area (Å²) in [6.45, 7) is 0.754. The number of allylic oxidation sites excluding steroid dienone is 1. The van der Waals surface area contributed by atoms with Crippen LogP contribution >= 0.6 is 0 Å². The van der Waals surface area contributed by atoms with Crippen LogP contribution in [-0.2, 0) is 0 Å². The lowest BCUT2D eigenvalue weighted by molar-refractivity contribution is 0.00551. The average molecular weight is 327 g/mol. The number of fused-ring (bicyclic) bond motifs is 1. The molecular formula is C17H21N5O2. The zero-order valence-electron chi connectivity index (χ0n) is 13.3. The average Bonchev–Trinajstić information content (AvgIpc) is 3.28. The normalized spacial score (nSPS) is 29.5. The fourth-order valence-corrected chi connectivity index (χ4v) is 3.83. The molecule has 0 amide bonds. The third-order valence-electron chi connectivity index (χ3n) is 5.19. The zero-order chi connectivity index (χ0) is 16.7. The van der Waals surface area contributed by atoms with Crippen LogP contribution in [0.5, 0.6) is 0 Å². The molecule has 1 fully saturated rings. The SMILES string of the molecule is Nc1ncnc2c1ccn2[C@@H]1C[C@H](CCC2=CCN=C2)[C@@H](O)[C@H]1O. The molecule has 4 rings (SSSR count). The van der Waals surface area contributed by atoms with Crippen molar-refractivity contribution in [2.24, 2.45) is 10.9 Å². The Labute approximate surface area is 139 Å². The quantitative estimate of drug-likeness (QED) is 0.778. The molecule has 4 N–H and O–H groups in total. The van der Waals surface area contributed by atoms with Gasteiger partial charge in [-0.25, -0.2) is 9.97 Å². The van der Waals surface area contributed by atoms with E-state index < -0.39 is 12.2 Å². The van der Waals surface area contributed by atoms with Gasteiger partial charge >= 0.3 is 0 Å². The summed E-state index contributed by atoms with van der Waals surface area (Å²) in [4.78, 5) is 12.5. The molecule has 7 heteroatoms. The molecule has 0 aromatic carbocycles. The van der Waals surface area contributed by atoms with Crippen molar-refractivity contribution in [2.75, 3.05) is 12.3 Å². The number of nitrogen functional groups attached to an aromatic ring is 1. The predicted octanol–water partition coefficient (Wildman–Crippen LogP) is 1.09. The molecule has 7 nitrogen and oxygen atoms in total. The summed E-state index contributed by atoms with van der Waals surface area (Å²) in [5.74, 6) is 0.479. The summed E-state index contributed by atoms with van der Waals surface area (Å²) < 4.78 is 1.91. The third-order valence-corrected chi connectivity index (χ3v) is 5.19. The number of anilines is 1. The van der Waals surface area contributed by atoms with Crippen molar-refractivity contribution in [3.8, 4) is 0 Å². The van der Waals surface area contributed by atoms with Gasteiger partial charge in [-0.2, -0.15) is 0 Å². The van der Waals surface area contributed by atoms with E-state index >= 15 is 0 Å². The minimum Gasteiger partial charge on any atom is -0.390 e. The minimum absolute atomic E-state index is 0.0523. The van der Waals surface area contributed by atoms with Gasteiger partial charge in [0.15, 0.2) is 0 Å². The first-order valence-corrected chi connectivity index (χ1v) is 8.27. The van der Waals surface area contributed by atoms with Crippen molar-refractivity contribution < 1.29 is 10.2 Å². The Hall–Kier alpha value is -2.25. The molecule has 1 saturated carbocycles. The van der Waals surface area contributed by atoms with Gasteiger partial charge in [0.25, 0.3) is 0 Å². The monoisotopic (exact) mass is 327 g/mol. The Kier molecular flexibility index (Phi) is 3.82. The largest absolute Gasteiger partial charge is 0.390 e. The van der Waals surface area contributed by atoms with Gasteiger partial charge < -0.3 is 20.5 Å². The van der Waals surface area contributed by atoms with Gasteiger partial charge in [0.05, 0.1) is 24.1 Å². The topological polar surface area (TPSA) is 110 Å². The van der Waals surface area contributed by atoms with E-state index in [4.69, 9.17) is 5.73 Å². The fraction of sp³-hybridized carbons (Fsp3) is 0.471. The summed E-state index contributed by atoms with van der Waals surface area (Å²) in [5.41, 5.74) is 7.79. The molecule has 2 aliphatic rings. The number of rotatable bonds is 4. The van der Waals surface area contributed by atoms with Gasteiger partial charge in [-0.05, 0) is 36.8 Å². The van der Waals surface area contributed by atoms with Crippen molar-refractivity contribution in [2.45, 2.75) is 37.5 Å². The van der Waals surface area contributed by atoms with Crippen LogP contribution in [-0.4, -0.2) is 49.7 Å². The summed E-state index contributed by atoms with van der Waals surface area (Å²) in [6.07, 6.45) is 8.18. The maximum atomic E-state index is 10.5. The Morgan fingerprint density at radius 2 is 2.12 bits per heavy atom. The zero-order valence-corrected chi connectivity index (χ0v) is 13.3.